The molecule has 0 saturated heterocycles. The van der Waals surface area contributed by atoms with Gasteiger partial charge in [0.25, 0.3) is 0 Å². The van der Waals surface area contributed by atoms with Crippen molar-refractivity contribution in [2.24, 2.45) is 0 Å². The smallest absolute Gasteiger partial charge is 0.331 e. The van der Waals surface area contributed by atoms with Gasteiger partial charge in [-0.05, 0) is 24.0 Å². The van der Waals surface area contributed by atoms with E-state index in [9.17, 15) is 14.7 Å². The minimum atomic E-state index is -1.00. The molecule has 0 aliphatic heterocycles. The highest BCUT2D eigenvalue weighted by molar-refractivity contribution is 5.78. The van der Waals surface area contributed by atoms with Gasteiger partial charge < -0.3 is 14.7 Å². The van der Waals surface area contributed by atoms with Crippen LogP contribution in [0.15, 0.2) is 24.3 Å². The van der Waals surface area contributed by atoms with Crippen molar-refractivity contribution in [3.63, 3.8) is 0 Å². The summed E-state index contributed by atoms with van der Waals surface area (Å²) in [6.07, 6.45) is 2.40. The van der Waals surface area contributed by atoms with Crippen LogP contribution in [0.4, 0.5) is 0 Å². The molecule has 102 valence electrons. The Balaban J connectivity index is 2.22. The number of carbonyl (C=O) groups excluding carboxylic acids is 1. The average molecular weight is 263 g/mol. The van der Waals surface area contributed by atoms with Gasteiger partial charge in [-0.25, -0.2) is 4.79 Å². The number of amides is 1. The summed E-state index contributed by atoms with van der Waals surface area (Å²) in [6.45, 7) is 0.484. The first kappa shape index (κ1) is 13.5. The molecule has 0 spiro atoms. The maximum absolute atomic E-state index is 11.4. The zero-order valence-electron chi connectivity index (χ0n) is 10.8. The van der Waals surface area contributed by atoms with Crippen molar-refractivity contribution >= 4 is 12.4 Å². The summed E-state index contributed by atoms with van der Waals surface area (Å²) in [7, 11) is 1.61. The molecule has 1 atom stereocenters. The van der Waals surface area contributed by atoms with E-state index in [-0.39, 0.29) is 6.04 Å². The second kappa shape index (κ2) is 5.84. The van der Waals surface area contributed by atoms with Crippen molar-refractivity contribution in [3.05, 3.63) is 35.4 Å². The fourth-order valence-electron chi connectivity index (χ4n) is 2.14. The van der Waals surface area contributed by atoms with Crippen molar-refractivity contribution in [1.82, 2.24) is 4.90 Å². The van der Waals surface area contributed by atoms with Gasteiger partial charge in [0.2, 0.25) is 6.41 Å². The molecule has 0 radical (unpaired) electrons. The van der Waals surface area contributed by atoms with Crippen molar-refractivity contribution in [3.8, 4) is 0 Å². The highest BCUT2D eigenvalue weighted by Crippen LogP contribution is 2.33. The Labute approximate surface area is 111 Å². The molecule has 1 aliphatic carbocycles. The largest absolute Gasteiger partial charge is 0.479 e. The number of carbonyl (C=O) groups is 2. The van der Waals surface area contributed by atoms with Gasteiger partial charge in [-0.2, -0.15) is 0 Å². The molecule has 1 N–H and O–H groups in total. The highest BCUT2D eigenvalue weighted by Gasteiger charge is 2.37. The van der Waals surface area contributed by atoms with Gasteiger partial charge in [-0.1, -0.05) is 24.3 Å². The Morgan fingerprint density at radius 3 is 2.53 bits per heavy atom. The maximum Gasteiger partial charge on any atom is 0.331 e. The van der Waals surface area contributed by atoms with Crippen LogP contribution in [0.5, 0.6) is 0 Å². The first-order valence-electron chi connectivity index (χ1n) is 6.20. The lowest BCUT2D eigenvalue weighted by atomic mass is 10.0. The average Bonchev–Trinajstić information content (AvgIpc) is 3.21. The summed E-state index contributed by atoms with van der Waals surface area (Å²) < 4.78 is 5.01. The predicted octanol–water partition coefficient (Wildman–Crippen LogP) is 1.58. The summed E-state index contributed by atoms with van der Waals surface area (Å²) in [5.74, 6) is -1.00. The monoisotopic (exact) mass is 263 g/mol. The molecule has 0 heterocycles. The van der Waals surface area contributed by atoms with E-state index < -0.39 is 12.0 Å². The van der Waals surface area contributed by atoms with Crippen molar-refractivity contribution in [2.75, 3.05) is 7.11 Å². The third-order valence-corrected chi connectivity index (χ3v) is 3.23. The first-order valence-corrected chi connectivity index (χ1v) is 6.20. The Kier molecular flexibility index (Phi) is 4.16. The predicted molar refractivity (Wildman–Crippen MR) is 68.5 cm³/mol. The summed E-state index contributed by atoms with van der Waals surface area (Å²) in [5.41, 5.74) is 1.59. The number of nitrogens with zero attached hydrogens (tertiary/aromatic N) is 1. The Bertz CT molecular complexity index is 453. The second-order valence-corrected chi connectivity index (χ2v) is 4.70. The zero-order chi connectivity index (χ0) is 13.8. The molecule has 0 bridgehead atoms. The highest BCUT2D eigenvalue weighted by atomic mass is 16.5. The van der Waals surface area contributed by atoms with Crippen molar-refractivity contribution in [2.45, 2.75) is 31.5 Å². The van der Waals surface area contributed by atoms with Crippen LogP contribution >= 0.6 is 0 Å². The molecule has 1 amide bonds. The summed E-state index contributed by atoms with van der Waals surface area (Å²) in [6, 6.07) is 6.30. The summed E-state index contributed by atoms with van der Waals surface area (Å²) in [4.78, 5) is 23.9. The van der Waals surface area contributed by atoms with Gasteiger partial charge in [0.1, 0.15) is 0 Å². The third kappa shape index (κ3) is 3.12. The molecule has 1 aromatic rings. The van der Waals surface area contributed by atoms with Gasteiger partial charge in [-0.3, -0.25) is 4.79 Å². The van der Waals surface area contributed by atoms with Crippen LogP contribution in [0.2, 0.25) is 0 Å². The van der Waals surface area contributed by atoms with E-state index in [4.69, 9.17) is 4.74 Å². The number of benzene rings is 1. The van der Waals surface area contributed by atoms with E-state index in [0.717, 1.165) is 18.4 Å². The second-order valence-electron chi connectivity index (χ2n) is 4.70. The minimum Gasteiger partial charge on any atom is -0.479 e. The quantitative estimate of drug-likeness (QED) is 0.758. The molecule has 1 aromatic carbocycles. The van der Waals surface area contributed by atoms with Crippen LogP contribution < -0.4 is 0 Å². The summed E-state index contributed by atoms with van der Waals surface area (Å²) >= 11 is 0. The fraction of sp³-hybridized carbons (Fsp3) is 0.429. The van der Waals surface area contributed by atoms with Gasteiger partial charge in [0.05, 0.1) is 6.61 Å². The van der Waals surface area contributed by atoms with Gasteiger partial charge in [0.15, 0.2) is 6.04 Å². The van der Waals surface area contributed by atoms with E-state index >= 15 is 0 Å². The third-order valence-electron chi connectivity index (χ3n) is 3.23. The Morgan fingerprint density at radius 2 is 2.11 bits per heavy atom. The van der Waals surface area contributed by atoms with Crippen molar-refractivity contribution < 1.29 is 19.4 Å². The number of aliphatic carboxylic acids is 1. The molecule has 2 rings (SSSR count). The number of hydrogen-bond acceptors (Lipinski definition) is 3. The zero-order valence-corrected chi connectivity index (χ0v) is 10.8. The molecule has 0 aromatic heterocycles. The van der Waals surface area contributed by atoms with Crippen LogP contribution in [0.25, 0.3) is 0 Å². The van der Waals surface area contributed by atoms with E-state index in [0.29, 0.717) is 18.6 Å². The van der Waals surface area contributed by atoms with E-state index in [1.54, 1.807) is 19.2 Å². The standard InChI is InChI=1S/C14H17NO4/c1-19-8-10-2-4-11(5-3-10)13(14(17)18)15(9-16)12-6-7-12/h2-5,9,12-13H,6-8H2,1H3,(H,17,18). The van der Waals surface area contributed by atoms with Crippen LogP contribution in [0.3, 0.4) is 0 Å². The molecular weight excluding hydrogens is 246 g/mol. The molecule has 1 saturated carbocycles. The molecular formula is C14H17NO4. The number of carboxylic acid groups (broad SMARTS) is 1. The molecule has 1 fully saturated rings. The summed E-state index contributed by atoms with van der Waals surface area (Å²) in [5, 5.41) is 9.35. The molecule has 5 heteroatoms. The van der Waals surface area contributed by atoms with Crippen LogP contribution in [-0.2, 0) is 20.9 Å². The lowest BCUT2D eigenvalue weighted by molar-refractivity contribution is -0.147. The van der Waals surface area contributed by atoms with Gasteiger partial charge in [-0.15, -0.1) is 0 Å². The normalized spacial score (nSPS) is 15.8. The Hall–Kier alpha value is -1.88. The van der Waals surface area contributed by atoms with E-state index in [2.05, 4.69) is 0 Å². The first-order chi connectivity index (χ1) is 9.17. The van der Waals surface area contributed by atoms with Crippen molar-refractivity contribution in [1.29, 1.82) is 0 Å². The number of rotatable bonds is 7. The molecule has 1 aliphatic rings. The maximum atomic E-state index is 11.4. The molecule has 5 nitrogen and oxygen atoms in total. The van der Waals surface area contributed by atoms with Crippen LogP contribution in [-0.4, -0.2) is 35.5 Å². The van der Waals surface area contributed by atoms with E-state index in [1.807, 2.05) is 12.1 Å². The Morgan fingerprint density at radius 1 is 1.47 bits per heavy atom. The SMILES string of the molecule is COCc1ccc(C(C(=O)O)N(C=O)C2CC2)cc1. The van der Waals surface area contributed by atoms with Crippen LogP contribution in [0, 0.1) is 0 Å². The number of carboxylic acids is 1. The van der Waals surface area contributed by atoms with Crippen LogP contribution in [0.1, 0.15) is 30.0 Å². The lowest BCUT2D eigenvalue weighted by Crippen LogP contribution is -2.34. The molecule has 19 heavy (non-hydrogen) atoms. The van der Waals surface area contributed by atoms with Gasteiger partial charge >= 0.3 is 5.97 Å². The molecule has 1 unspecified atom stereocenters. The number of hydrogen-bond donors (Lipinski definition) is 1. The topological polar surface area (TPSA) is 66.8 Å². The number of ether oxygens (including phenoxy) is 1. The fourth-order valence-corrected chi connectivity index (χ4v) is 2.14. The minimum absolute atomic E-state index is 0.0669. The number of methoxy groups -OCH3 is 1. The van der Waals surface area contributed by atoms with Gasteiger partial charge in [0, 0.05) is 13.2 Å². The van der Waals surface area contributed by atoms with E-state index in [1.165, 1.54) is 4.90 Å². The lowest BCUT2D eigenvalue weighted by Gasteiger charge is -2.25.